The maximum absolute atomic E-state index is 13.0. The molecular weight excluding hydrogens is 397 g/mol. The van der Waals surface area contributed by atoms with Gasteiger partial charge in [-0.25, -0.2) is 0 Å². The first-order valence-corrected chi connectivity index (χ1v) is 9.57. The number of benzene rings is 2. The second kappa shape index (κ2) is 10.2. The van der Waals surface area contributed by atoms with E-state index >= 15 is 0 Å². The number of carbonyl (C=O) groups is 1. The number of guanidine groups is 1. The van der Waals surface area contributed by atoms with Gasteiger partial charge in [-0.3, -0.25) is 20.0 Å². The highest BCUT2D eigenvalue weighted by Gasteiger charge is 2.30. The molecule has 30 heavy (non-hydrogen) atoms. The zero-order valence-electron chi connectivity index (χ0n) is 16.3. The summed E-state index contributed by atoms with van der Waals surface area (Å²) in [5, 5.41) is 5.46. The Kier molecular flexibility index (Phi) is 7.42. The minimum absolute atomic E-state index is 0.0939. The summed E-state index contributed by atoms with van der Waals surface area (Å²) in [6, 6.07) is 13.3. The number of carbonyl (C=O) groups excluding carboxylic acids is 1. The first-order valence-electron chi connectivity index (χ1n) is 9.57. The van der Waals surface area contributed by atoms with E-state index in [0.717, 1.165) is 25.2 Å². The molecule has 2 aromatic rings. The van der Waals surface area contributed by atoms with Gasteiger partial charge in [-0.05, 0) is 30.3 Å². The van der Waals surface area contributed by atoms with Crippen LogP contribution in [0.4, 0.5) is 18.9 Å². The number of aliphatic imine (C=N–C) groups is 1. The fourth-order valence-corrected chi connectivity index (χ4v) is 2.92. The number of rotatable bonds is 5. The number of nitrogens with zero attached hydrogens (tertiary/aromatic N) is 2. The quantitative estimate of drug-likeness (QED) is 0.576. The van der Waals surface area contributed by atoms with E-state index in [1.165, 1.54) is 12.1 Å². The van der Waals surface area contributed by atoms with Gasteiger partial charge in [-0.2, -0.15) is 13.2 Å². The molecule has 0 aromatic heterocycles. The van der Waals surface area contributed by atoms with E-state index in [4.69, 9.17) is 4.74 Å². The highest BCUT2D eigenvalue weighted by Crippen LogP contribution is 2.30. The number of ether oxygens (including phenoxy) is 1. The summed E-state index contributed by atoms with van der Waals surface area (Å²) in [5.74, 6) is -0.309. The molecule has 2 aromatic carbocycles. The molecule has 2 N–H and O–H groups in total. The predicted molar refractivity (Wildman–Crippen MR) is 109 cm³/mol. The Morgan fingerprint density at radius 3 is 2.50 bits per heavy atom. The normalized spacial score (nSPS) is 15.6. The lowest BCUT2D eigenvalue weighted by molar-refractivity contribution is -0.137. The first kappa shape index (κ1) is 21.8. The van der Waals surface area contributed by atoms with Gasteiger partial charge in [-0.15, -0.1) is 0 Å². The molecule has 9 heteroatoms. The third-order valence-corrected chi connectivity index (χ3v) is 4.51. The van der Waals surface area contributed by atoms with Gasteiger partial charge in [0.2, 0.25) is 5.96 Å². The van der Waals surface area contributed by atoms with Crippen LogP contribution in [0.3, 0.4) is 0 Å². The summed E-state index contributed by atoms with van der Waals surface area (Å²) in [6.07, 6.45) is -4.46. The van der Waals surface area contributed by atoms with E-state index in [-0.39, 0.29) is 11.6 Å². The Balaban J connectivity index is 1.72. The number of anilines is 1. The Bertz CT molecular complexity index is 866. The molecule has 6 nitrogen and oxygen atoms in total. The third kappa shape index (κ3) is 6.57. The molecule has 0 saturated carbocycles. The summed E-state index contributed by atoms with van der Waals surface area (Å²) in [5.41, 5.74) is -0.179. The summed E-state index contributed by atoms with van der Waals surface area (Å²) < 4.78 is 44.3. The van der Waals surface area contributed by atoms with Gasteiger partial charge < -0.3 is 10.1 Å². The van der Waals surface area contributed by atoms with Gasteiger partial charge in [0.15, 0.2) is 0 Å². The van der Waals surface area contributed by atoms with Crippen LogP contribution in [0.5, 0.6) is 0 Å². The van der Waals surface area contributed by atoms with Crippen LogP contribution in [0.1, 0.15) is 15.9 Å². The zero-order valence-corrected chi connectivity index (χ0v) is 16.3. The highest BCUT2D eigenvalue weighted by atomic mass is 19.4. The van der Waals surface area contributed by atoms with E-state index in [0.29, 0.717) is 31.9 Å². The molecule has 1 heterocycles. The lowest BCUT2D eigenvalue weighted by Gasteiger charge is -2.25. The summed E-state index contributed by atoms with van der Waals surface area (Å²) >= 11 is 0. The maximum Gasteiger partial charge on any atom is 0.416 e. The molecule has 1 fully saturated rings. The molecular formula is C21H23F3N4O2. The molecule has 0 spiro atoms. The maximum atomic E-state index is 13.0. The Morgan fingerprint density at radius 2 is 1.80 bits per heavy atom. The smallest absolute Gasteiger partial charge is 0.379 e. The zero-order chi connectivity index (χ0) is 21.4. The number of hydrogen-bond donors (Lipinski definition) is 2. The fourth-order valence-electron chi connectivity index (χ4n) is 2.92. The lowest BCUT2D eigenvalue weighted by atomic mass is 10.2. The van der Waals surface area contributed by atoms with Crippen molar-refractivity contribution in [1.29, 1.82) is 0 Å². The molecule has 0 unspecified atom stereocenters. The van der Waals surface area contributed by atoms with Gasteiger partial charge in [-0.1, -0.05) is 24.3 Å². The van der Waals surface area contributed by atoms with Crippen molar-refractivity contribution < 1.29 is 22.7 Å². The number of halogens is 3. The molecule has 3 rings (SSSR count). The summed E-state index contributed by atoms with van der Waals surface area (Å²) in [7, 11) is 0. The minimum Gasteiger partial charge on any atom is -0.379 e. The van der Waals surface area contributed by atoms with Crippen molar-refractivity contribution in [2.45, 2.75) is 6.18 Å². The number of alkyl halides is 3. The van der Waals surface area contributed by atoms with Crippen LogP contribution in [0.15, 0.2) is 59.6 Å². The van der Waals surface area contributed by atoms with Gasteiger partial charge >= 0.3 is 6.18 Å². The lowest BCUT2D eigenvalue weighted by Crippen LogP contribution is -2.39. The SMILES string of the molecule is O=C(NC(=NCCN1CCOCC1)Nc1cccc(C(F)(F)F)c1)c1ccccc1. The van der Waals surface area contributed by atoms with Crippen LogP contribution in [0.2, 0.25) is 0 Å². The highest BCUT2D eigenvalue weighted by molar-refractivity contribution is 6.09. The summed E-state index contributed by atoms with van der Waals surface area (Å²) in [4.78, 5) is 19.1. The van der Waals surface area contributed by atoms with Gasteiger partial charge in [0.1, 0.15) is 0 Å². The molecule has 0 aliphatic carbocycles. The average molecular weight is 420 g/mol. The monoisotopic (exact) mass is 420 g/mol. The minimum atomic E-state index is -4.46. The van der Waals surface area contributed by atoms with Crippen molar-refractivity contribution in [2.75, 3.05) is 44.7 Å². The molecule has 0 atom stereocenters. The number of amides is 1. The molecule has 1 saturated heterocycles. The molecule has 1 aliphatic rings. The largest absolute Gasteiger partial charge is 0.416 e. The third-order valence-electron chi connectivity index (χ3n) is 4.51. The Hall–Kier alpha value is -2.91. The van der Waals surface area contributed by atoms with Crippen molar-refractivity contribution in [3.05, 3.63) is 65.7 Å². The van der Waals surface area contributed by atoms with Crippen LogP contribution in [0.25, 0.3) is 0 Å². The van der Waals surface area contributed by atoms with Crippen molar-refractivity contribution in [1.82, 2.24) is 10.2 Å². The predicted octanol–water partition coefficient (Wildman–Crippen LogP) is 3.24. The Labute approximate surface area is 172 Å². The Morgan fingerprint density at radius 1 is 1.07 bits per heavy atom. The molecule has 160 valence electrons. The fraction of sp³-hybridized carbons (Fsp3) is 0.333. The number of morpholine rings is 1. The topological polar surface area (TPSA) is 66.0 Å². The summed E-state index contributed by atoms with van der Waals surface area (Å²) in [6.45, 7) is 3.92. The van der Waals surface area contributed by atoms with E-state index in [2.05, 4.69) is 20.5 Å². The van der Waals surface area contributed by atoms with Crippen LogP contribution in [-0.2, 0) is 10.9 Å². The number of nitrogens with one attached hydrogen (secondary N) is 2. The van der Waals surface area contributed by atoms with E-state index < -0.39 is 17.6 Å². The van der Waals surface area contributed by atoms with Gasteiger partial charge in [0, 0.05) is 30.9 Å². The standard InChI is InChI=1S/C21H23F3N4O2/c22-21(23,24)17-7-4-8-18(15-17)26-20(25-9-10-28-11-13-30-14-12-28)27-19(29)16-5-2-1-3-6-16/h1-8,15H,9-14H2,(H2,25,26,27,29). The van der Waals surface area contributed by atoms with Crippen molar-refractivity contribution in [2.24, 2.45) is 4.99 Å². The molecule has 1 aliphatic heterocycles. The van der Waals surface area contributed by atoms with E-state index in [1.807, 2.05) is 0 Å². The van der Waals surface area contributed by atoms with Crippen LogP contribution < -0.4 is 10.6 Å². The van der Waals surface area contributed by atoms with E-state index in [9.17, 15) is 18.0 Å². The average Bonchev–Trinajstić information content (AvgIpc) is 2.74. The van der Waals surface area contributed by atoms with Gasteiger partial charge in [0.25, 0.3) is 5.91 Å². The second-order valence-electron chi connectivity index (χ2n) is 6.71. The molecule has 0 radical (unpaired) electrons. The second-order valence-corrected chi connectivity index (χ2v) is 6.71. The van der Waals surface area contributed by atoms with E-state index in [1.54, 1.807) is 30.3 Å². The molecule has 1 amide bonds. The van der Waals surface area contributed by atoms with Crippen molar-refractivity contribution in [3.8, 4) is 0 Å². The van der Waals surface area contributed by atoms with Gasteiger partial charge in [0.05, 0.1) is 25.3 Å². The first-order chi connectivity index (χ1) is 14.4. The van der Waals surface area contributed by atoms with Crippen LogP contribution in [0, 0.1) is 0 Å². The van der Waals surface area contributed by atoms with Crippen LogP contribution in [-0.4, -0.2) is 56.2 Å². The van der Waals surface area contributed by atoms with Crippen LogP contribution >= 0.6 is 0 Å². The number of hydrogen-bond acceptors (Lipinski definition) is 4. The van der Waals surface area contributed by atoms with Crippen molar-refractivity contribution in [3.63, 3.8) is 0 Å². The van der Waals surface area contributed by atoms with Crippen molar-refractivity contribution >= 4 is 17.6 Å². The molecule has 0 bridgehead atoms.